The molecular formula is C15H23N3O. The van der Waals surface area contributed by atoms with E-state index in [0.717, 1.165) is 37.8 Å². The van der Waals surface area contributed by atoms with Gasteiger partial charge in [-0.25, -0.2) is 0 Å². The maximum Gasteiger partial charge on any atom is 0.222 e. The van der Waals surface area contributed by atoms with E-state index in [-0.39, 0.29) is 11.4 Å². The molecule has 1 aromatic heterocycles. The van der Waals surface area contributed by atoms with Gasteiger partial charge in [-0.2, -0.15) is 0 Å². The lowest BCUT2D eigenvalue weighted by atomic mass is 9.94. The van der Waals surface area contributed by atoms with Crippen LogP contribution in [-0.2, 0) is 17.8 Å². The number of nitrogens with one attached hydrogen (secondary N) is 1. The molecule has 1 aliphatic rings. The Kier molecular flexibility index (Phi) is 4.53. The molecule has 1 amide bonds. The van der Waals surface area contributed by atoms with Crippen LogP contribution in [0.2, 0.25) is 0 Å². The number of pyridine rings is 1. The van der Waals surface area contributed by atoms with Crippen molar-refractivity contribution >= 4 is 5.91 Å². The van der Waals surface area contributed by atoms with Crippen LogP contribution < -0.4 is 11.1 Å². The summed E-state index contributed by atoms with van der Waals surface area (Å²) in [6, 6.07) is 3.98. The molecule has 1 aliphatic carbocycles. The highest BCUT2D eigenvalue weighted by molar-refractivity contribution is 5.77. The summed E-state index contributed by atoms with van der Waals surface area (Å²) in [5.41, 5.74) is 8.07. The van der Waals surface area contributed by atoms with Gasteiger partial charge in [-0.1, -0.05) is 25.8 Å². The van der Waals surface area contributed by atoms with Crippen molar-refractivity contribution in [2.75, 3.05) is 0 Å². The van der Waals surface area contributed by atoms with Crippen LogP contribution in [0.15, 0.2) is 18.3 Å². The van der Waals surface area contributed by atoms with Gasteiger partial charge in [0, 0.05) is 18.2 Å². The minimum atomic E-state index is -0.276. The normalized spacial score (nSPS) is 17.4. The van der Waals surface area contributed by atoms with E-state index in [9.17, 15) is 4.79 Å². The van der Waals surface area contributed by atoms with E-state index in [1.54, 1.807) is 6.20 Å². The average Bonchev–Trinajstić information content (AvgIpc) is 2.83. The van der Waals surface area contributed by atoms with Crippen molar-refractivity contribution in [3.63, 3.8) is 0 Å². The largest absolute Gasteiger partial charge is 0.350 e. The van der Waals surface area contributed by atoms with E-state index in [2.05, 4.69) is 23.3 Å². The van der Waals surface area contributed by atoms with Crippen molar-refractivity contribution in [1.82, 2.24) is 10.3 Å². The minimum Gasteiger partial charge on any atom is -0.350 e. The second-order valence-electron chi connectivity index (χ2n) is 5.49. The summed E-state index contributed by atoms with van der Waals surface area (Å²) in [6.45, 7) is 2.59. The molecule has 19 heavy (non-hydrogen) atoms. The number of carbonyl (C=O) groups is 1. The fourth-order valence-corrected chi connectivity index (χ4v) is 2.77. The number of aromatic nitrogens is 1. The summed E-state index contributed by atoms with van der Waals surface area (Å²) in [5, 5.41) is 2.94. The molecule has 3 N–H and O–H groups in total. The Balaban J connectivity index is 1.86. The number of carbonyl (C=O) groups excluding carboxylic acids is 1. The fraction of sp³-hybridized carbons (Fsp3) is 0.600. The number of nitrogens with two attached hydrogens (primary N) is 1. The Morgan fingerprint density at radius 2 is 2.21 bits per heavy atom. The summed E-state index contributed by atoms with van der Waals surface area (Å²) < 4.78 is 0. The van der Waals surface area contributed by atoms with E-state index < -0.39 is 0 Å². The van der Waals surface area contributed by atoms with E-state index in [1.165, 1.54) is 5.56 Å². The lowest BCUT2D eigenvalue weighted by molar-refractivity contribution is -0.122. The number of amides is 1. The number of aryl methyl sites for hydroxylation is 1. The van der Waals surface area contributed by atoms with E-state index >= 15 is 0 Å². The van der Waals surface area contributed by atoms with E-state index in [0.29, 0.717) is 13.0 Å². The molecular weight excluding hydrogens is 238 g/mol. The summed E-state index contributed by atoms with van der Waals surface area (Å²) in [4.78, 5) is 16.3. The van der Waals surface area contributed by atoms with Crippen LogP contribution in [0, 0.1) is 0 Å². The Morgan fingerprint density at radius 1 is 1.47 bits per heavy atom. The monoisotopic (exact) mass is 261 g/mol. The lowest BCUT2D eigenvalue weighted by Crippen LogP contribution is -2.42. The molecule has 0 atom stereocenters. The standard InChI is InChI=1S/C15H23N3O/c1-2-12-6-5-9-17-13(12)11-18-14(19)10-15(16)7-3-4-8-15/h5-6,9H,2-4,7-8,10-11,16H2,1H3,(H,18,19). The van der Waals surface area contributed by atoms with Crippen LogP contribution in [0.25, 0.3) is 0 Å². The van der Waals surface area contributed by atoms with Crippen LogP contribution in [0.3, 0.4) is 0 Å². The van der Waals surface area contributed by atoms with Gasteiger partial charge in [0.05, 0.1) is 12.2 Å². The van der Waals surface area contributed by atoms with E-state index in [1.807, 2.05) is 6.07 Å². The van der Waals surface area contributed by atoms with Crippen LogP contribution >= 0.6 is 0 Å². The zero-order chi connectivity index (χ0) is 13.7. The maximum atomic E-state index is 12.0. The summed E-state index contributed by atoms with van der Waals surface area (Å²) in [7, 11) is 0. The van der Waals surface area contributed by atoms with Gasteiger partial charge in [-0.15, -0.1) is 0 Å². The van der Waals surface area contributed by atoms with Crippen molar-refractivity contribution in [3.8, 4) is 0 Å². The Morgan fingerprint density at radius 3 is 2.89 bits per heavy atom. The predicted molar refractivity (Wildman–Crippen MR) is 75.5 cm³/mol. The van der Waals surface area contributed by atoms with Crippen molar-refractivity contribution in [2.24, 2.45) is 5.73 Å². The maximum absolute atomic E-state index is 12.0. The molecule has 0 bridgehead atoms. The second kappa shape index (κ2) is 6.15. The van der Waals surface area contributed by atoms with Crippen LogP contribution in [-0.4, -0.2) is 16.4 Å². The first-order chi connectivity index (χ1) is 9.13. The summed E-state index contributed by atoms with van der Waals surface area (Å²) >= 11 is 0. The summed E-state index contributed by atoms with van der Waals surface area (Å²) in [5.74, 6) is 0.0390. The molecule has 1 aromatic rings. The molecule has 0 spiro atoms. The first-order valence-electron chi connectivity index (χ1n) is 7.11. The smallest absolute Gasteiger partial charge is 0.222 e. The predicted octanol–water partition coefficient (Wildman–Crippen LogP) is 1.92. The SMILES string of the molecule is CCc1cccnc1CNC(=O)CC1(N)CCCC1. The molecule has 0 unspecified atom stereocenters. The Bertz CT molecular complexity index is 439. The highest BCUT2D eigenvalue weighted by Gasteiger charge is 2.31. The molecule has 4 nitrogen and oxygen atoms in total. The molecule has 0 radical (unpaired) electrons. The highest BCUT2D eigenvalue weighted by Crippen LogP contribution is 2.29. The van der Waals surface area contributed by atoms with Crippen molar-refractivity contribution in [2.45, 2.75) is 57.5 Å². The van der Waals surface area contributed by atoms with Crippen LogP contribution in [0.4, 0.5) is 0 Å². The van der Waals surface area contributed by atoms with E-state index in [4.69, 9.17) is 5.73 Å². The summed E-state index contributed by atoms with van der Waals surface area (Å²) in [6.07, 6.45) is 7.34. The molecule has 104 valence electrons. The third-order valence-corrected chi connectivity index (χ3v) is 3.93. The number of rotatable bonds is 5. The third-order valence-electron chi connectivity index (χ3n) is 3.93. The van der Waals surface area contributed by atoms with Gasteiger partial charge in [0.1, 0.15) is 0 Å². The molecule has 0 aromatic carbocycles. The van der Waals surface area contributed by atoms with Gasteiger partial charge < -0.3 is 11.1 Å². The average molecular weight is 261 g/mol. The van der Waals surface area contributed by atoms with Gasteiger partial charge in [0.15, 0.2) is 0 Å². The molecule has 0 aliphatic heterocycles. The number of nitrogens with zero attached hydrogens (tertiary/aromatic N) is 1. The van der Waals surface area contributed by atoms with Gasteiger partial charge in [0.25, 0.3) is 0 Å². The first-order valence-corrected chi connectivity index (χ1v) is 7.11. The van der Waals surface area contributed by atoms with Gasteiger partial charge >= 0.3 is 0 Å². The third kappa shape index (κ3) is 3.77. The Hall–Kier alpha value is -1.42. The minimum absolute atomic E-state index is 0.0390. The zero-order valence-electron chi connectivity index (χ0n) is 11.6. The molecule has 0 saturated heterocycles. The quantitative estimate of drug-likeness (QED) is 0.851. The van der Waals surface area contributed by atoms with Crippen molar-refractivity contribution < 1.29 is 4.79 Å². The molecule has 1 heterocycles. The first kappa shape index (κ1) is 14.0. The lowest BCUT2D eigenvalue weighted by Gasteiger charge is -2.22. The second-order valence-corrected chi connectivity index (χ2v) is 5.49. The molecule has 1 fully saturated rings. The van der Waals surface area contributed by atoms with Gasteiger partial charge in [-0.3, -0.25) is 9.78 Å². The number of hydrogen-bond donors (Lipinski definition) is 2. The van der Waals surface area contributed by atoms with Gasteiger partial charge in [-0.05, 0) is 30.9 Å². The molecule has 4 heteroatoms. The van der Waals surface area contributed by atoms with Gasteiger partial charge in [0.2, 0.25) is 5.91 Å². The molecule has 1 saturated carbocycles. The highest BCUT2D eigenvalue weighted by atomic mass is 16.1. The zero-order valence-corrected chi connectivity index (χ0v) is 11.6. The fourth-order valence-electron chi connectivity index (χ4n) is 2.77. The topological polar surface area (TPSA) is 68.0 Å². The van der Waals surface area contributed by atoms with Crippen molar-refractivity contribution in [1.29, 1.82) is 0 Å². The Labute approximate surface area is 114 Å². The van der Waals surface area contributed by atoms with Crippen molar-refractivity contribution in [3.05, 3.63) is 29.6 Å². The number of hydrogen-bond acceptors (Lipinski definition) is 3. The van der Waals surface area contributed by atoms with Crippen LogP contribution in [0.5, 0.6) is 0 Å². The van der Waals surface area contributed by atoms with Crippen LogP contribution in [0.1, 0.15) is 50.3 Å². The molecule has 2 rings (SSSR count).